The van der Waals surface area contributed by atoms with Crippen LogP contribution in [0.2, 0.25) is 0 Å². The fraction of sp³-hybridized carbons (Fsp3) is 0.476. The van der Waals surface area contributed by atoms with E-state index in [9.17, 15) is 9.18 Å². The molecular formula is C21H25FN4O2. The van der Waals surface area contributed by atoms with Crippen LogP contribution in [-0.4, -0.2) is 46.5 Å². The number of amides is 1. The standard InChI is InChI=1S/C21H25FN4O2/c1-14(28-18-6-4-17(22)5-7-18)21(27)26-10-8-19-16(13-26)12-24-20(25-19)15-3-2-9-23-11-15/h4-7,12,14-15,23H,2-3,8-11,13H2,1H3. The Morgan fingerprint density at radius 1 is 1.36 bits per heavy atom. The monoisotopic (exact) mass is 384 g/mol. The molecule has 2 unspecified atom stereocenters. The van der Waals surface area contributed by atoms with Crippen LogP contribution in [0.25, 0.3) is 0 Å². The molecule has 2 aliphatic rings. The maximum atomic E-state index is 13.0. The van der Waals surface area contributed by atoms with Gasteiger partial charge in [-0.1, -0.05) is 0 Å². The first kappa shape index (κ1) is 18.8. The highest BCUT2D eigenvalue weighted by atomic mass is 19.1. The van der Waals surface area contributed by atoms with E-state index in [0.717, 1.165) is 49.4 Å². The second-order valence-electron chi connectivity index (χ2n) is 7.47. The first-order valence-corrected chi connectivity index (χ1v) is 9.86. The average molecular weight is 384 g/mol. The number of aromatic nitrogens is 2. The van der Waals surface area contributed by atoms with Gasteiger partial charge in [0.05, 0.1) is 5.69 Å². The number of hydrogen-bond donors (Lipinski definition) is 1. The Labute approximate surface area is 164 Å². The molecule has 2 aliphatic heterocycles. The first-order valence-electron chi connectivity index (χ1n) is 9.86. The summed E-state index contributed by atoms with van der Waals surface area (Å²) in [4.78, 5) is 23.9. The SMILES string of the molecule is CC(Oc1ccc(F)cc1)C(=O)N1CCc2nc(C3CCCNC3)ncc2C1. The van der Waals surface area contributed by atoms with Crippen molar-refractivity contribution in [1.29, 1.82) is 0 Å². The van der Waals surface area contributed by atoms with Crippen LogP contribution >= 0.6 is 0 Å². The van der Waals surface area contributed by atoms with Crippen molar-refractivity contribution in [2.75, 3.05) is 19.6 Å². The molecule has 0 bridgehead atoms. The van der Waals surface area contributed by atoms with Gasteiger partial charge in [-0.25, -0.2) is 14.4 Å². The van der Waals surface area contributed by atoms with E-state index in [1.807, 2.05) is 6.20 Å². The van der Waals surface area contributed by atoms with Crippen molar-refractivity contribution in [2.45, 2.75) is 44.8 Å². The number of piperidine rings is 1. The van der Waals surface area contributed by atoms with Crippen LogP contribution in [0, 0.1) is 5.82 Å². The van der Waals surface area contributed by atoms with Crippen molar-refractivity contribution >= 4 is 5.91 Å². The maximum absolute atomic E-state index is 13.0. The molecule has 7 heteroatoms. The van der Waals surface area contributed by atoms with Gasteiger partial charge in [-0.15, -0.1) is 0 Å². The second kappa shape index (κ2) is 8.22. The smallest absolute Gasteiger partial charge is 0.263 e. The van der Waals surface area contributed by atoms with E-state index < -0.39 is 6.10 Å². The minimum Gasteiger partial charge on any atom is -0.481 e. The van der Waals surface area contributed by atoms with Gasteiger partial charge in [0.15, 0.2) is 6.10 Å². The molecular weight excluding hydrogens is 359 g/mol. The highest BCUT2D eigenvalue weighted by Gasteiger charge is 2.28. The van der Waals surface area contributed by atoms with Crippen LogP contribution < -0.4 is 10.1 Å². The van der Waals surface area contributed by atoms with Crippen LogP contribution in [0.15, 0.2) is 30.5 Å². The van der Waals surface area contributed by atoms with Gasteiger partial charge >= 0.3 is 0 Å². The number of nitrogens with zero attached hydrogens (tertiary/aromatic N) is 3. The number of hydrogen-bond acceptors (Lipinski definition) is 5. The highest BCUT2D eigenvalue weighted by Crippen LogP contribution is 2.24. The zero-order valence-electron chi connectivity index (χ0n) is 16.0. The Hall–Kier alpha value is -2.54. The van der Waals surface area contributed by atoms with Gasteiger partial charge in [-0.3, -0.25) is 4.79 Å². The lowest BCUT2D eigenvalue weighted by Gasteiger charge is -2.31. The van der Waals surface area contributed by atoms with Crippen molar-refractivity contribution < 1.29 is 13.9 Å². The maximum Gasteiger partial charge on any atom is 0.263 e. The third-order valence-corrected chi connectivity index (χ3v) is 5.40. The normalized spacial score (nSPS) is 20.4. The molecule has 2 atom stereocenters. The van der Waals surface area contributed by atoms with Gasteiger partial charge in [-0.2, -0.15) is 0 Å². The van der Waals surface area contributed by atoms with Gasteiger partial charge in [0.2, 0.25) is 0 Å². The van der Waals surface area contributed by atoms with E-state index in [2.05, 4.69) is 10.3 Å². The lowest BCUT2D eigenvalue weighted by Crippen LogP contribution is -2.43. The third kappa shape index (κ3) is 4.14. The molecule has 1 saturated heterocycles. The molecule has 0 radical (unpaired) electrons. The molecule has 148 valence electrons. The lowest BCUT2D eigenvalue weighted by molar-refractivity contribution is -0.138. The number of nitrogens with one attached hydrogen (secondary N) is 1. The minimum absolute atomic E-state index is 0.0875. The molecule has 1 N–H and O–H groups in total. The van der Waals surface area contributed by atoms with Crippen molar-refractivity contribution in [3.8, 4) is 5.75 Å². The van der Waals surface area contributed by atoms with E-state index in [1.54, 1.807) is 11.8 Å². The number of ether oxygens (including phenoxy) is 1. The molecule has 6 nitrogen and oxygen atoms in total. The molecule has 1 fully saturated rings. The van der Waals surface area contributed by atoms with Crippen LogP contribution in [0.3, 0.4) is 0 Å². The van der Waals surface area contributed by atoms with E-state index in [4.69, 9.17) is 9.72 Å². The first-order chi connectivity index (χ1) is 13.6. The summed E-state index contributed by atoms with van der Waals surface area (Å²) in [5, 5.41) is 3.40. The van der Waals surface area contributed by atoms with Crippen molar-refractivity contribution in [1.82, 2.24) is 20.2 Å². The predicted octanol–water partition coefficient (Wildman–Crippen LogP) is 2.43. The van der Waals surface area contributed by atoms with E-state index in [1.165, 1.54) is 24.3 Å². The van der Waals surface area contributed by atoms with Crippen LogP contribution in [0.5, 0.6) is 5.75 Å². The topological polar surface area (TPSA) is 67.3 Å². The summed E-state index contributed by atoms with van der Waals surface area (Å²) in [5.74, 6) is 1.35. The fourth-order valence-electron chi connectivity index (χ4n) is 3.81. The number of rotatable bonds is 4. The zero-order valence-corrected chi connectivity index (χ0v) is 16.0. The summed E-state index contributed by atoms with van der Waals surface area (Å²) < 4.78 is 18.7. The van der Waals surface area contributed by atoms with Crippen LogP contribution in [0.1, 0.15) is 42.8 Å². The Kier molecular flexibility index (Phi) is 5.52. The Morgan fingerprint density at radius 2 is 2.18 bits per heavy atom. The molecule has 0 saturated carbocycles. The molecule has 3 heterocycles. The molecule has 1 aromatic carbocycles. The number of fused-ring (bicyclic) bond motifs is 1. The number of carbonyl (C=O) groups excluding carboxylic acids is 1. The van der Waals surface area contributed by atoms with Gasteiger partial charge in [0.25, 0.3) is 5.91 Å². The fourth-order valence-corrected chi connectivity index (χ4v) is 3.81. The average Bonchev–Trinajstić information content (AvgIpc) is 2.74. The van der Waals surface area contributed by atoms with E-state index >= 15 is 0 Å². The molecule has 0 aliphatic carbocycles. The second-order valence-corrected chi connectivity index (χ2v) is 7.47. The molecule has 1 aromatic heterocycles. The van der Waals surface area contributed by atoms with Gasteiger partial charge in [0, 0.05) is 43.7 Å². The number of halogens is 1. The molecule has 0 spiro atoms. The van der Waals surface area contributed by atoms with Crippen molar-refractivity contribution in [2.24, 2.45) is 0 Å². The summed E-state index contributed by atoms with van der Waals surface area (Å²) >= 11 is 0. The molecule has 28 heavy (non-hydrogen) atoms. The highest BCUT2D eigenvalue weighted by molar-refractivity contribution is 5.81. The van der Waals surface area contributed by atoms with Gasteiger partial charge < -0.3 is 15.0 Å². The molecule has 4 rings (SSSR count). The molecule has 2 aromatic rings. The Balaban J connectivity index is 1.40. The number of benzene rings is 1. The van der Waals surface area contributed by atoms with Crippen LogP contribution in [-0.2, 0) is 17.8 Å². The van der Waals surface area contributed by atoms with Crippen LogP contribution in [0.4, 0.5) is 4.39 Å². The predicted molar refractivity (Wildman–Crippen MR) is 102 cm³/mol. The summed E-state index contributed by atoms with van der Waals surface area (Å²) in [6, 6.07) is 5.70. The van der Waals surface area contributed by atoms with Gasteiger partial charge in [-0.05, 0) is 50.6 Å². The third-order valence-electron chi connectivity index (χ3n) is 5.40. The largest absolute Gasteiger partial charge is 0.481 e. The molecule has 1 amide bonds. The van der Waals surface area contributed by atoms with E-state index in [-0.39, 0.29) is 11.7 Å². The minimum atomic E-state index is -0.638. The Bertz CT molecular complexity index is 837. The van der Waals surface area contributed by atoms with E-state index in [0.29, 0.717) is 24.8 Å². The van der Waals surface area contributed by atoms with Gasteiger partial charge in [0.1, 0.15) is 17.4 Å². The zero-order chi connectivity index (χ0) is 19.5. The number of carbonyl (C=O) groups is 1. The summed E-state index contributed by atoms with van der Waals surface area (Å²) in [6.45, 7) is 4.83. The summed E-state index contributed by atoms with van der Waals surface area (Å²) in [6.07, 6.45) is 4.23. The quantitative estimate of drug-likeness (QED) is 0.877. The summed E-state index contributed by atoms with van der Waals surface area (Å²) in [5.41, 5.74) is 2.05. The van der Waals surface area contributed by atoms with Crippen molar-refractivity contribution in [3.05, 3.63) is 53.4 Å². The summed E-state index contributed by atoms with van der Waals surface area (Å²) in [7, 11) is 0. The van der Waals surface area contributed by atoms with Crippen molar-refractivity contribution in [3.63, 3.8) is 0 Å². The Morgan fingerprint density at radius 3 is 2.93 bits per heavy atom. The lowest BCUT2D eigenvalue weighted by atomic mass is 9.98.